The van der Waals surface area contributed by atoms with Crippen LogP contribution in [0.25, 0.3) is 0 Å². The molecular weight excluding hydrogens is 221 g/mol. The van der Waals surface area contributed by atoms with Gasteiger partial charge in [-0.25, -0.2) is 9.97 Å². The zero-order chi connectivity index (χ0) is 11.8. The standard InChI is InChI=1S/C9H11F3N4/c10-9(11,12)6-2-1-3-16(6)8-5-14-7(13)4-15-8/h4-6H,1-3H2,(H2,13,14)/t6-/m1/s1. The molecule has 0 saturated carbocycles. The summed E-state index contributed by atoms with van der Waals surface area (Å²) in [5.41, 5.74) is 5.33. The molecule has 2 N–H and O–H groups in total. The first-order valence-corrected chi connectivity index (χ1v) is 4.89. The van der Waals surface area contributed by atoms with Gasteiger partial charge in [-0.3, -0.25) is 0 Å². The third-order valence-corrected chi connectivity index (χ3v) is 2.58. The molecule has 7 heteroatoms. The van der Waals surface area contributed by atoms with E-state index in [0.717, 1.165) is 0 Å². The molecule has 4 nitrogen and oxygen atoms in total. The number of hydrogen-bond donors (Lipinski definition) is 1. The maximum Gasteiger partial charge on any atom is 0.408 e. The Morgan fingerprint density at radius 2 is 2.06 bits per heavy atom. The number of hydrogen-bond acceptors (Lipinski definition) is 4. The second-order valence-corrected chi connectivity index (χ2v) is 3.69. The van der Waals surface area contributed by atoms with Crippen LogP contribution in [0.4, 0.5) is 24.8 Å². The monoisotopic (exact) mass is 232 g/mol. The summed E-state index contributed by atoms with van der Waals surface area (Å²) in [7, 11) is 0. The van der Waals surface area contributed by atoms with Gasteiger partial charge < -0.3 is 10.6 Å². The van der Waals surface area contributed by atoms with Crippen LogP contribution in [0.3, 0.4) is 0 Å². The fourth-order valence-electron chi connectivity index (χ4n) is 1.86. The van der Waals surface area contributed by atoms with E-state index in [4.69, 9.17) is 5.73 Å². The molecule has 0 aromatic carbocycles. The molecule has 0 bridgehead atoms. The predicted octanol–water partition coefficient (Wildman–Crippen LogP) is 1.59. The molecule has 1 aliphatic heterocycles. The highest BCUT2D eigenvalue weighted by Gasteiger charge is 2.46. The Balaban J connectivity index is 2.23. The van der Waals surface area contributed by atoms with Crippen LogP contribution in [0.2, 0.25) is 0 Å². The summed E-state index contributed by atoms with van der Waals surface area (Å²) in [6, 6.07) is -1.45. The smallest absolute Gasteiger partial charge is 0.382 e. The highest BCUT2D eigenvalue weighted by atomic mass is 19.4. The molecule has 1 aromatic heterocycles. The molecule has 16 heavy (non-hydrogen) atoms. The zero-order valence-corrected chi connectivity index (χ0v) is 8.41. The Labute approximate surface area is 90.3 Å². The van der Waals surface area contributed by atoms with Gasteiger partial charge in [0.25, 0.3) is 0 Å². The normalized spacial score (nSPS) is 21.4. The van der Waals surface area contributed by atoms with Gasteiger partial charge in [-0.1, -0.05) is 0 Å². The molecule has 0 radical (unpaired) electrons. The average Bonchev–Trinajstić information content (AvgIpc) is 2.66. The van der Waals surface area contributed by atoms with Crippen LogP contribution in [0.5, 0.6) is 0 Å². The summed E-state index contributed by atoms with van der Waals surface area (Å²) in [6.45, 7) is 0.350. The van der Waals surface area contributed by atoms with Crippen molar-refractivity contribution < 1.29 is 13.2 Å². The summed E-state index contributed by atoms with van der Waals surface area (Å²) in [4.78, 5) is 8.84. The van der Waals surface area contributed by atoms with Crippen LogP contribution in [-0.4, -0.2) is 28.7 Å². The quantitative estimate of drug-likeness (QED) is 0.798. The Morgan fingerprint density at radius 3 is 2.62 bits per heavy atom. The van der Waals surface area contributed by atoms with Crippen molar-refractivity contribution >= 4 is 11.6 Å². The molecule has 0 amide bonds. The largest absolute Gasteiger partial charge is 0.408 e. The highest BCUT2D eigenvalue weighted by Crippen LogP contribution is 2.34. The minimum absolute atomic E-state index is 0.107. The Morgan fingerprint density at radius 1 is 1.31 bits per heavy atom. The Bertz CT molecular complexity index is 362. The van der Waals surface area contributed by atoms with E-state index in [-0.39, 0.29) is 18.1 Å². The summed E-state index contributed by atoms with van der Waals surface area (Å²) in [5, 5.41) is 0. The van der Waals surface area contributed by atoms with Crippen molar-refractivity contribution in [2.24, 2.45) is 0 Å². The zero-order valence-electron chi connectivity index (χ0n) is 8.41. The topological polar surface area (TPSA) is 55.0 Å². The SMILES string of the molecule is Nc1cnc(N2CCC[C@@H]2C(F)(F)F)cn1. The maximum atomic E-state index is 12.7. The number of anilines is 2. The van der Waals surface area contributed by atoms with Crippen LogP contribution in [0, 0.1) is 0 Å². The molecule has 1 aromatic rings. The number of nitrogen functional groups attached to an aromatic ring is 1. The lowest BCUT2D eigenvalue weighted by atomic mass is 10.2. The number of halogens is 3. The first-order valence-electron chi connectivity index (χ1n) is 4.89. The second kappa shape index (κ2) is 3.80. The van der Waals surface area contributed by atoms with Gasteiger partial charge in [-0.15, -0.1) is 0 Å². The van der Waals surface area contributed by atoms with Crippen molar-refractivity contribution in [2.75, 3.05) is 17.2 Å². The molecule has 0 unspecified atom stereocenters. The number of alkyl halides is 3. The minimum Gasteiger partial charge on any atom is -0.382 e. The van der Waals surface area contributed by atoms with E-state index in [1.54, 1.807) is 0 Å². The van der Waals surface area contributed by atoms with Crippen molar-refractivity contribution in [2.45, 2.75) is 25.1 Å². The van der Waals surface area contributed by atoms with E-state index in [0.29, 0.717) is 13.0 Å². The molecule has 1 fully saturated rings. The molecule has 2 rings (SSSR count). The first-order chi connectivity index (χ1) is 7.48. The van der Waals surface area contributed by atoms with Gasteiger partial charge >= 0.3 is 6.18 Å². The van der Waals surface area contributed by atoms with Gasteiger partial charge in [0.05, 0.1) is 12.4 Å². The van der Waals surface area contributed by atoms with Gasteiger partial charge in [-0.05, 0) is 12.8 Å². The predicted molar refractivity (Wildman–Crippen MR) is 52.9 cm³/mol. The van der Waals surface area contributed by atoms with Crippen molar-refractivity contribution in [3.05, 3.63) is 12.4 Å². The van der Waals surface area contributed by atoms with Crippen molar-refractivity contribution in [3.8, 4) is 0 Å². The van der Waals surface area contributed by atoms with E-state index >= 15 is 0 Å². The van der Waals surface area contributed by atoms with Crippen LogP contribution >= 0.6 is 0 Å². The van der Waals surface area contributed by atoms with Crippen LogP contribution in [0.15, 0.2) is 12.4 Å². The van der Waals surface area contributed by atoms with Crippen molar-refractivity contribution in [3.63, 3.8) is 0 Å². The maximum absolute atomic E-state index is 12.7. The first kappa shape index (κ1) is 11.0. The van der Waals surface area contributed by atoms with Crippen LogP contribution in [-0.2, 0) is 0 Å². The summed E-state index contributed by atoms with van der Waals surface area (Å²) >= 11 is 0. The van der Waals surface area contributed by atoms with Crippen LogP contribution < -0.4 is 10.6 Å². The Hall–Kier alpha value is -1.53. The lowest BCUT2D eigenvalue weighted by Gasteiger charge is -2.27. The van der Waals surface area contributed by atoms with E-state index in [1.807, 2.05) is 0 Å². The van der Waals surface area contributed by atoms with E-state index in [1.165, 1.54) is 17.3 Å². The number of aromatic nitrogens is 2. The summed E-state index contributed by atoms with van der Waals surface area (Å²) in [5.74, 6) is 0.431. The number of rotatable bonds is 1. The molecule has 1 saturated heterocycles. The molecule has 0 aliphatic carbocycles. The van der Waals surface area contributed by atoms with Gasteiger partial charge in [0, 0.05) is 6.54 Å². The van der Waals surface area contributed by atoms with E-state index in [9.17, 15) is 13.2 Å². The molecule has 88 valence electrons. The van der Waals surface area contributed by atoms with Gasteiger partial charge in [0.15, 0.2) is 0 Å². The van der Waals surface area contributed by atoms with Gasteiger partial charge in [-0.2, -0.15) is 13.2 Å². The van der Waals surface area contributed by atoms with E-state index in [2.05, 4.69) is 9.97 Å². The fraction of sp³-hybridized carbons (Fsp3) is 0.556. The third kappa shape index (κ3) is 2.02. The van der Waals surface area contributed by atoms with Crippen molar-refractivity contribution in [1.82, 2.24) is 9.97 Å². The third-order valence-electron chi connectivity index (χ3n) is 2.58. The van der Waals surface area contributed by atoms with Crippen molar-refractivity contribution in [1.29, 1.82) is 0 Å². The lowest BCUT2D eigenvalue weighted by Crippen LogP contribution is -2.41. The Kier molecular flexibility index (Phi) is 2.61. The minimum atomic E-state index is -4.22. The number of nitrogens with two attached hydrogens (primary N) is 1. The fourth-order valence-corrected chi connectivity index (χ4v) is 1.86. The molecule has 0 spiro atoms. The summed E-state index contributed by atoms with van der Waals surface area (Å²) in [6.07, 6.45) is -1.06. The molecule has 1 atom stereocenters. The molecule has 1 aliphatic rings. The highest BCUT2D eigenvalue weighted by molar-refractivity contribution is 5.42. The van der Waals surface area contributed by atoms with Gasteiger partial charge in [0.1, 0.15) is 17.7 Å². The second-order valence-electron chi connectivity index (χ2n) is 3.69. The van der Waals surface area contributed by atoms with E-state index < -0.39 is 12.2 Å². The molecule has 2 heterocycles. The number of nitrogens with zero attached hydrogens (tertiary/aromatic N) is 3. The lowest BCUT2D eigenvalue weighted by molar-refractivity contribution is -0.146. The van der Waals surface area contributed by atoms with Crippen LogP contribution in [0.1, 0.15) is 12.8 Å². The van der Waals surface area contributed by atoms with Gasteiger partial charge in [0.2, 0.25) is 0 Å². The summed E-state index contributed by atoms with van der Waals surface area (Å²) < 4.78 is 38.0. The average molecular weight is 232 g/mol. The molecular formula is C9H11F3N4.